The third-order valence-electron chi connectivity index (χ3n) is 1.69. The van der Waals surface area contributed by atoms with Crippen molar-refractivity contribution in [3.05, 3.63) is 28.5 Å². The van der Waals surface area contributed by atoms with E-state index in [4.69, 9.17) is 16.3 Å². The van der Waals surface area contributed by atoms with Gasteiger partial charge in [-0.25, -0.2) is 4.79 Å². The van der Waals surface area contributed by atoms with E-state index in [1.165, 1.54) is 19.2 Å². The Hall–Kier alpha value is -1.42. The van der Waals surface area contributed by atoms with Crippen molar-refractivity contribution in [2.24, 2.45) is 0 Å². The lowest BCUT2D eigenvalue weighted by molar-refractivity contribution is 0.0525. The van der Waals surface area contributed by atoms with Crippen LogP contribution >= 0.6 is 11.6 Å². The van der Waals surface area contributed by atoms with Crippen molar-refractivity contribution < 1.29 is 14.3 Å². The van der Waals surface area contributed by atoms with Crippen LogP contribution in [0.15, 0.2) is 12.3 Å². The van der Waals surface area contributed by atoms with Crippen molar-refractivity contribution in [1.82, 2.24) is 4.98 Å². The van der Waals surface area contributed by atoms with E-state index in [0.29, 0.717) is 0 Å². The first-order valence-electron chi connectivity index (χ1n) is 4.39. The molecule has 0 aliphatic heterocycles. The van der Waals surface area contributed by atoms with E-state index in [1.807, 2.05) is 0 Å². The second kappa shape index (κ2) is 4.89. The van der Waals surface area contributed by atoms with Gasteiger partial charge in [0, 0.05) is 13.1 Å². The highest BCUT2D eigenvalue weighted by molar-refractivity contribution is 6.33. The maximum Gasteiger partial charge on any atom is 0.339 e. The standard InChI is InChI=1S/C10H10ClNO3/c1-3-15-10(14)7-4-8(11)9(6(2)13)12-5-7/h4-5H,3H2,1-2H3. The molecule has 0 unspecified atom stereocenters. The molecular weight excluding hydrogens is 218 g/mol. The lowest BCUT2D eigenvalue weighted by Gasteiger charge is -2.03. The summed E-state index contributed by atoms with van der Waals surface area (Å²) in [5.41, 5.74) is 0.400. The Bertz CT molecular complexity index is 404. The van der Waals surface area contributed by atoms with Crippen molar-refractivity contribution >= 4 is 23.4 Å². The second-order valence-electron chi connectivity index (χ2n) is 2.83. The highest BCUT2D eigenvalue weighted by atomic mass is 35.5. The molecule has 1 aromatic heterocycles. The largest absolute Gasteiger partial charge is 0.462 e. The van der Waals surface area contributed by atoms with Crippen LogP contribution in [-0.2, 0) is 4.74 Å². The third kappa shape index (κ3) is 2.76. The summed E-state index contributed by atoms with van der Waals surface area (Å²) in [5.74, 6) is -0.739. The van der Waals surface area contributed by atoms with Crippen molar-refractivity contribution in [2.75, 3.05) is 6.61 Å². The minimum Gasteiger partial charge on any atom is -0.462 e. The van der Waals surface area contributed by atoms with Crippen molar-refractivity contribution in [3.8, 4) is 0 Å². The van der Waals surface area contributed by atoms with Gasteiger partial charge in [0.1, 0.15) is 5.69 Å². The van der Waals surface area contributed by atoms with Gasteiger partial charge in [0.2, 0.25) is 0 Å². The number of hydrogen-bond acceptors (Lipinski definition) is 4. The molecule has 0 bridgehead atoms. The van der Waals surface area contributed by atoms with Crippen LogP contribution in [0.5, 0.6) is 0 Å². The fourth-order valence-electron chi connectivity index (χ4n) is 1.02. The first-order chi connectivity index (χ1) is 7.06. The minimum absolute atomic E-state index is 0.157. The van der Waals surface area contributed by atoms with Gasteiger partial charge < -0.3 is 4.74 Å². The maximum absolute atomic E-state index is 11.3. The SMILES string of the molecule is CCOC(=O)c1cnc(C(C)=O)c(Cl)c1. The third-order valence-corrected chi connectivity index (χ3v) is 1.97. The van der Waals surface area contributed by atoms with Gasteiger partial charge in [0.05, 0.1) is 17.2 Å². The molecule has 0 radical (unpaired) electrons. The molecule has 0 aliphatic rings. The van der Waals surface area contributed by atoms with Gasteiger partial charge in [-0.05, 0) is 13.0 Å². The average molecular weight is 228 g/mol. The molecule has 0 aliphatic carbocycles. The second-order valence-corrected chi connectivity index (χ2v) is 3.24. The van der Waals surface area contributed by atoms with Crippen LogP contribution in [0, 0.1) is 0 Å². The normalized spacial score (nSPS) is 9.80. The van der Waals surface area contributed by atoms with Crippen molar-refractivity contribution in [3.63, 3.8) is 0 Å². The van der Waals surface area contributed by atoms with Gasteiger partial charge >= 0.3 is 5.97 Å². The van der Waals surface area contributed by atoms with Crippen LogP contribution in [0.1, 0.15) is 34.7 Å². The van der Waals surface area contributed by atoms with Crippen LogP contribution in [0.2, 0.25) is 5.02 Å². The number of rotatable bonds is 3. The van der Waals surface area contributed by atoms with Gasteiger partial charge in [0.15, 0.2) is 5.78 Å². The molecule has 5 heteroatoms. The molecule has 0 aromatic carbocycles. The summed E-state index contributed by atoms with van der Waals surface area (Å²) in [5, 5.41) is 0.160. The number of ketones is 1. The van der Waals surface area contributed by atoms with Crippen LogP contribution in [-0.4, -0.2) is 23.3 Å². The Kier molecular flexibility index (Phi) is 3.80. The molecule has 0 amide bonds. The number of aromatic nitrogens is 1. The summed E-state index contributed by atoms with van der Waals surface area (Å²) in [6, 6.07) is 1.38. The Morgan fingerprint density at radius 3 is 2.67 bits per heavy atom. The van der Waals surface area contributed by atoms with Crippen LogP contribution < -0.4 is 0 Å². The molecule has 15 heavy (non-hydrogen) atoms. The summed E-state index contributed by atoms with van der Waals surface area (Å²) < 4.78 is 4.76. The summed E-state index contributed by atoms with van der Waals surface area (Å²) >= 11 is 5.78. The van der Waals surface area contributed by atoms with Crippen LogP contribution in [0.25, 0.3) is 0 Å². The molecule has 0 saturated carbocycles. The number of ether oxygens (including phenoxy) is 1. The molecule has 1 aromatic rings. The molecule has 4 nitrogen and oxygen atoms in total. The fraction of sp³-hybridized carbons (Fsp3) is 0.300. The van der Waals surface area contributed by atoms with Crippen molar-refractivity contribution in [1.29, 1.82) is 0 Å². The zero-order valence-corrected chi connectivity index (χ0v) is 9.17. The zero-order chi connectivity index (χ0) is 11.4. The van der Waals surface area contributed by atoms with E-state index in [1.54, 1.807) is 6.92 Å². The summed E-state index contributed by atoms with van der Waals surface area (Å²) in [6.07, 6.45) is 1.28. The first-order valence-corrected chi connectivity index (χ1v) is 4.77. The Balaban J connectivity index is 3.01. The smallest absolute Gasteiger partial charge is 0.339 e. The highest BCUT2D eigenvalue weighted by Crippen LogP contribution is 2.16. The predicted molar refractivity (Wildman–Crippen MR) is 55.2 cm³/mol. The molecule has 80 valence electrons. The number of Topliss-reactive ketones (excluding diaryl/α,β-unsaturated/α-hetero) is 1. The van der Waals surface area contributed by atoms with E-state index in [0.717, 1.165) is 0 Å². The summed E-state index contributed by atoms with van der Waals surface area (Å²) in [6.45, 7) is 3.35. The minimum atomic E-state index is -0.498. The summed E-state index contributed by atoms with van der Waals surface area (Å²) in [7, 11) is 0. The molecular formula is C10H10ClNO3. The van der Waals surface area contributed by atoms with Crippen LogP contribution in [0.3, 0.4) is 0 Å². The maximum atomic E-state index is 11.3. The molecule has 0 atom stereocenters. The summed E-state index contributed by atoms with van der Waals surface area (Å²) in [4.78, 5) is 26.1. The molecule has 0 N–H and O–H groups in total. The van der Waals surface area contributed by atoms with Gasteiger partial charge in [-0.2, -0.15) is 0 Å². The lowest BCUT2D eigenvalue weighted by Crippen LogP contribution is -2.07. The molecule has 1 heterocycles. The molecule has 0 spiro atoms. The quantitative estimate of drug-likeness (QED) is 0.586. The number of pyridine rings is 1. The van der Waals surface area contributed by atoms with E-state index < -0.39 is 5.97 Å². The zero-order valence-electron chi connectivity index (χ0n) is 8.41. The Morgan fingerprint density at radius 1 is 1.53 bits per heavy atom. The van der Waals surface area contributed by atoms with E-state index in [2.05, 4.69) is 4.98 Å². The molecule has 0 saturated heterocycles. The molecule has 0 fully saturated rings. The number of halogens is 1. The highest BCUT2D eigenvalue weighted by Gasteiger charge is 2.12. The monoisotopic (exact) mass is 227 g/mol. The van der Waals surface area contributed by atoms with E-state index in [9.17, 15) is 9.59 Å². The predicted octanol–water partition coefficient (Wildman–Crippen LogP) is 2.11. The Morgan fingerprint density at radius 2 is 2.20 bits per heavy atom. The first kappa shape index (κ1) is 11.7. The van der Waals surface area contributed by atoms with Gasteiger partial charge in [-0.15, -0.1) is 0 Å². The number of esters is 1. The van der Waals surface area contributed by atoms with Crippen LogP contribution in [0.4, 0.5) is 0 Å². The fourth-order valence-corrected chi connectivity index (χ4v) is 1.32. The molecule has 1 rings (SSSR count). The number of carbonyl (C=O) groups is 2. The average Bonchev–Trinajstić information content (AvgIpc) is 2.17. The van der Waals surface area contributed by atoms with E-state index in [-0.39, 0.29) is 28.7 Å². The van der Waals surface area contributed by atoms with Crippen molar-refractivity contribution in [2.45, 2.75) is 13.8 Å². The van der Waals surface area contributed by atoms with Gasteiger partial charge in [-0.1, -0.05) is 11.6 Å². The Labute approximate surface area is 92.2 Å². The topological polar surface area (TPSA) is 56.3 Å². The lowest BCUT2D eigenvalue weighted by atomic mass is 10.2. The number of nitrogens with zero attached hydrogens (tertiary/aromatic N) is 1. The number of carbonyl (C=O) groups excluding carboxylic acids is 2. The van der Waals surface area contributed by atoms with Gasteiger partial charge in [-0.3, -0.25) is 9.78 Å². The number of hydrogen-bond donors (Lipinski definition) is 0. The van der Waals surface area contributed by atoms with Gasteiger partial charge in [0.25, 0.3) is 0 Å². The van der Waals surface area contributed by atoms with E-state index >= 15 is 0 Å².